The first-order chi connectivity index (χ1) is 18.3. The number of benzene rings is 3. The van der Waals surface area contributed by atoms with Crippen LogP contribution in [0.15, 0.2) is 74.5 Å². The summed E-state index contributed by atoms with van der Waals surface area (Å²) in [4.78, 5) is 4.58. The Hall–Kier alpha value is -4.51. The summed E-state index contributed by atoms with van der Waals surface area (Å²) in [6, 6.07) is 16.6. The highest BCUT2D eigenvalue weighted by Crippen LogP contribution is 2.36. The summed E-state index contributed by atoms with van der Waals surface area (Å²) in [5.74, 6) is 2.65. The molecule has 0 aliphatic rings. The quantitative estimate of drug-likeness (QED) is 0.254. The number of hydrogen-bond donors (Lipinski definition) is 1. The molecule has 11 heteroatoms. The van der Waals surface area contributed by atoms with Crippen LogP contribution in [-0.2, 0) is 10.0 Å². The molecule has 0 unspecified atom stereocenters. The van der Waals surface area contributed by atoms with Crippen LogP contribution < -0.4 is 18.9 Å². The Morgan fingerprint density at radius 2 is 1.74 bits per heavy atom. The third-order valence-electron chi connectivity index (χ3n) is 5.90. The summed E-state index contributed by atoms with van der Waals surface area (Å²) in [5, 5.41) is 4.70. The zero-order valence-corrected chi connectivity index (χ0v) is 22.0. The van der Waals surface area contributed by atoms with Crippen LogP contribution in [0.25, 0.3) is 34.0 Å². The monoisotopic (exact) mass is 535 g/mol. The van der Waals surface area contributed by atoms with E-state index in [2.05, 4.69) is 14.9 Å². The lowest BCUT2D eigenvalue weighted by molar-refractivity contribution is 0.311. The molecule has 0 amide bonds. The number of nitrogens with zero attached hydrogens (tertiary/aromatic N) is 2. The number of ether oxygens (including phenoxy) is 3. The smallest absolute Gasteiger partial charge is 0.294 e. The summed E-state index contributed by atoms with van der Waals surface area (Å²) < 4.78 is 56.2. The van der Waals surface area contributed by atoms with Gasteiger partial charge >= 0.3 is 0 Å². The van der Waals surface area contributed by atoms with E-state index in [1.54, 1.807) is 75.7 Å². The normalized spacial score (nSPS) is 11.5. The van der Waals surface area contributed by atoms with E-state index in [-0.39, 0.29) is 10.8 Å². The summed E-state index contributed by atoms with van der Waals surface area (Å²) in [5.41, 5.74) is 2.25. The van der Waals surface area contributed by atoms with Gasteiger partial charge in [-0.05, 0) is 74.5 Å². The van der Waals surface area contributed by atoms with Crippen LogP contribution in [0.1, 0.15) is 12.5 Å². The third-order valence-corrected chi connectivity index (χ3v) is 7.28. The highest BCUT2D eigenvalue weighted by atomic mass is 32.2. The van der Waals surface area contributed by atoms with E-state index in [1.165, 1.54) is 6.07 Å². The second-order valence-electron chi connectivity index (χ2n) is 8.27. The number of aromatic nitrogens is 2. The van der Waals surface area contributed by atoms with Crippen LogP contribution in [0.2, 0.25) is 0 Å². The SMILES string of the molecule is CCOc1ccc(-c2noc(-c3oc4ccc(S(=O)(=O)Nc5ccc(OC)cc5)cc4c3C)n2)cc1OC. The molecule has 0 saturated heterocycles. The van der Waals surface area contributed by atoms with Crippen molar-refractivity contribution in [3.8, 4) is 40.3 Å². The van der Waals surface area contributed by atoms with Crippen molar-refractivity contribution in [2.45, 2.75) is 18.7 Å². The van der Waals surface area contributed by atoms with E-state index in [4.69, 9.17) is 23.2 Å². The predicted octanol–water partition coefficient (Wildman–Crippen LogP) is 5.67. The Morgan fingerprint density at radius 3 is 2.45 bits per heavy atom. The summed E-state index contributed by atoms with van der Waals surface area (Å²) >= 11 is 0. The van der Waals surface area contributed by atoms with Gasteiger partial charge in [-0.25, -0.2) is 8.42 Å². The van der Waals surface area contributed by atoms with Crippen molar-refractivity contribution in [2.24, 2.45) is 0 Å². The summed E-state index contributed by atoms with van der Waals surface area (Å²) in [7, 11) is -0.747. The first kappa shape index (κ1) is 25.2. The van der Waals surface area contributed by atoms with Crippen molar-refractivity contribution in [3.63, 3.8) is 0 Å². The molecular weight excluding hydrogens is 510 g/mol. The Balaban J connectivity index is 1.44. The van der Waals surface area contributed by atoms with Gasteiger partial charge in [0.25, 0.3) is 15.9 Å². The molecule has 0 radical (unpaired) electrons. The third kappa shape index (κ3) is 4.75. The number of nitrogens with one attached hydrogen (secondary N) is 1. The maximum absolute atomic E-state index is 13.0. The maximum atomic E-state index is 13.0. The molecule has 0 atom stereocenters. The average Bonchev–Trinajstić information content (AvgIpc) is 3.54. The molecular formula is C27H25N3O7S. The molecule has 0 saturated carbocycles. The van der Waals surface area contributed by atoms with Crippen LogP contribution in [0, 0.1) is 6.92 Å². The molecule has 0 fully saturated rings. The second-order valence-corrected chi connectivity index (χ2v) is 9.95. The lowest BCUT2D eigenvalue weighted by Crippen LogP contribution is -2.12. The van der Waals surface area contributed by atoms with Gasteiger partial charge in [-0.1, -0.05) is 5.16 Å². The van der Waals surface area contributed by atoms with E-state index < -0.39 is 10.0 Å². The van der Waals surface area contributed by atoms with Crippen molar-refractivity contribution in [1.82, 2.24) is 10.1 Å². The van der Waals surface area contributed by atoms with Crippen molar-refractivity contribution in [3.05, 3.63) is 66.2 Å². The number of anilines is 1. The lowest BCUT2D eigenvalue weighted by atomic mass is 10.1. The van der Waals surface area contributed by atoms with Gasteiger partial charge in [-0.2, -0.15) is 4.98 Å². The fourth-order valence-corrected chi connectivity index (χ4v) is 5.04. The fraction of sp³-hybridized carbons (Fsp3) is 0.185. The average molecular weight is 536 g/mol. The van der Waals surface area contributed by atoms with Crippen molar-refractivity contribution < 1.29 is 31.6 Å². The molecule has 10 nitrogen and oxygen atoms in total. The minimum absolute atomic E-state index is 0.0870. The molecule has 3 aromatic carbocycles. The Bertz CT molecular complexity index is 1710. The molecule has 0 bridgehead atoms. The molecule has 196 valence electrons. The van der Waals surface area contributed by atoms with E-state index in [0.717, 1.165) is 0 Å². The van der Waals surface area contributed by atoms with Gasteiger partial charge in [0.15, 0.2) is 17.3 Å². The topological polar surface area (TPSA) is 126 Å². The number of rotatable bonds is 9. The first-order valence-electron chi connectivity index (χ1n) is 11.7. The summed E-state index contributed by atoms with van der Waals surface area (Å²) in [6.45, 7) is 4.20. The van der Waals surface area contributed by atoms with Gasteiger partial charge in [0, 0.05) is 22.2 Å². The molecule has 1 N–H and O–H groups in total. The Morgan fingerprint density at radius 1 is 0.947 bits per heavy atom. The fourth-order valence-electron chi connectivity index (χ4n) is 3.96. The van der Waals surface area contributed by atoms with Crippen molar-refractivity contribution >= 4 is 26.7 Å². The number of hydrogen-bond acceptors (Lipinski definition) is 9. The molecule has 0 aliphatic carbocycles. The van der Waals surface area contributed by atoms with Gasteiger partial charge in [-0.3, -0.25) is 4.72 Å². The second kappa shape index (κ2) is 10.1. The number of aryl methyl sites for hydroxylation is 1. The first-order valence-corrected chi connectivity index (χ1v) is 13.2. The predicted molar refractivity (Wildman–Crippen MR) is 141 cm³/mol. The minimum atomic E-state index is -3.85. The van der Waals surface area contributed by atoms with E-state index >= 15 is 0 Å². The van der Waals surface area contributed by atoms with Crippen LogP contribution in [0.3, 0.4) is 0 Å². The molecule has 5 aromatic rings. The van der Waals surface area contributed by atoms with Gasteiger partial charge in [0.2, 0.25) is 5.82 Å². The van der Waals surface area contributed by atoms with Crippen LogP contribution in [0.5, 0.6) is 17.2 Å². The van der Waals surface area contributed by atoms with E-state index in [9.17, 15) is 8.42 Å². The van der Waals surface area contributed by atoms with Gasteiger partial charge in [0.1, 0.15) is 11.3 Å². The van der Waals surface area contributed by atoms with Crippen molar-refractivity contribution in [2.75, 3.05) is 25.5 Å². The minimum Gasteiger partial charge on any atom is -0.497 e. The van der Waals surface area contributed by atoms with Crippen LogP contribution in [-0.4, -0.2) is 39.4 Å². The largest absolute Gasteiger partial charge is 0.497 e. The molecule has 38 heavy (non-hydrogen) atoms. The van der Waals surface area contributed by atoms with Crippen molar-refractivity contribution in [1.29, 1.82) is 0 Å². The zero-order chi connectivity index (χ0) is 26.9. The molecule has 2 aromatic heterocycles. The highest BCUT2D eigenvalue weighted by Gasteiger charge is 2.22. The Kier molecular flexibility index (Phi) is 6.68. The van der Waals surface area contributed by atoms with Gasteiger partial charge < -0.3 is 23.2 Å². The number of methoxy groups -OCH3 is 2. The lowest BCUT2D eigenvalue weighted by Gasteiger charge is -2.09. The Labute approximate surface area is 219 Å². The standard InChI is InChI=1S/C27H25N3O7S/c1-5-35-23-12-6-17(14-24(23)34-4)26-28-27(37-29-26)25-16(2)21-15-20(11-13-22(21)36-25)38(31,32)30-18-7-9-19(33-3)10-8-18/h6-15,30H,5H2,1-4H3. The molecule has 0 spiro atoms. The van der Waals surface area contributed by atoms with Gasteiger partial charge in [0.05, 0.1) is 25.7 Å². The van der Waals surface area contributed by atoms with E-state index in [0.29, 0.717) is 63.2 Å². The molecule has 5 rings (SSSR count). The summed E-state index contributed by atoms with van der Waals surface area (Å²) in [6.07, 6.45) is 0. The zero-order valence-electron chi connectivity index (χ0n) is 21.1. The van der Waals surface area contributed by atoms with E-state index in [1.807, 2.05) is 6.92 Å². The number of fused-ring (bicyclic) bond motifs is 1. The highest BCUT2D eigenvalue weighted by molar-refractivity contribution is 7.92. The van der Waals surface area contributed by atoms with Crippen LogP contribution in [0.4, 0.5) is 5.69 Å². The van der Waals surface area contributed by atoms with Crippen LogP contribution >= 0.6 is 0 Å². The number of sulfonamides is 1. The molecule has 2 heterocycles. The number of furan rings is 1. The maximum Gasteiger partial charge on any atom is 0.294 e. The van der Waals surface area contributed by atoms with Gasteiger partial charge in [-0.15, -0.1) is 0 Å². The molecule has 0 aliphatic heterocycles.